The van der Waals surface area contributed by atoms with Crippen LogP contribution in [0.2, 0.25) is 0 Å². The van der Waals surface area contributed by atoms with Gasteiger partial charge in [-0.3, -0.25) is 4.98 Å². The van der Waals surface area contributed by atoms with Crippen LogP contribution in [-0.2, 0) is 0 Å². The molecule has 0 radical (unpaired) electrons. The van der Waals surface area contributed by atoms with Gasteiger partial charge >= 0.3 is 0 Å². The molecule has 0 saturated carbocycles. The number of thioether (sulfide) groups is 1. The number of nitrogens with one attached hydrogen (secondary N) is 1. The number of hydrogen-bond donors (Lipinski definition) is 1. The zero-order chi connectivity index (χ0) is 13.2. The highest BCUT2D eigenvalue weighted by atomic mass is 32.2. The first kappa shape index (κ1) is 13.2. The van der Waals surface area contributed by atoms with Gasteiger partial charge in [-0.05, 0) is 42.5 Å². The van der Waals surface area contributed by atoms with Crippen LogP contribution in [0.15, 0.2) is 40.1 Å². The Kier molecular flexibility index (Phi) is 3.91. The molecule has 3 rings (SSSR count). The van der Waals surface area contributed by atoms with Crippen LogP contribution in [-0.4, -0.2) is 10.2 Å². The standard InChI is InChI=1S/C15H18N2S2/c1-10-9-14(12-6-8-18-15(12)19-10)17-11(2)13-5-3-4-7-16-13/h3-8,10-11,14,17H,9H2,1-2H3/t10-,11?,14?/m0/s1. The summed E-state index contributed by atoms with van der Waals surface area (Å²) in [7, 11) is 0. The predicted molar refractivity (Wildman–Crippen MR) is 82.8 cm³/mol. The summed E-state index contributed by atoms with van der Waals surface area (Å²) in [6, 6.07) is 9.11. The lowest BCUT2D eigenvalue weighted by molar-refractivity contribution is 0.430. The smallest absolute Gasteiger partial charge is 0.0649 e. The Morgan fingerprint density at radius 1 is 1.37 bits per heavy atom. The van der Waals surface area contributed by atoms with Crippen LogP contribution in [0.1, 0.15) is 43.6 Å². The van der Waals surface area contributed by atoms with E-state index in [4.69, 9.17) is 0 Å². The van der Waals surface area contributed by atoms with Crippen LogP contribution in [0, 0.1) is 0 Å². The van der Waals surface area contributed by atoms with E-state index in [0.717, 1.165) is 5.69 Å². The number of rotatable bonds is 3. The quantitative estimate of drug-likeness (QED) is 0.906. The first-order valence-electron chi connectivity index (χ1n) is 6.65. The van der Waals surface area contributed by atoms with E-state index < -0.39 is 0 Å². The van der Waals surface area contributed by atoms with Crippen molar-refractivity contribution >= 4 is 23.1 Å². The third-order valence-corrected chi connectivity index (χ3v) is 5.84. The van der Waals surface area contributed by atoms with Gasteiger partial charge in [0.25, 0.3) is 0 Å². The van der Waals surface area contributed by atoms with Gasteiger partial charge in [-0.1, -0.05) is 13.0 Å². The zero-order valence-electron chi connectivity index (χ0n) is 11.2. The van der Waals surface area contributed by atoms with Gasteiger partial charge in [0.15, 0.2) is 0 Å². The van der Waals surface area contributed by atoms with Gasteiger partial charge in [-0.2, -0.15) is 0 Å². The van der Waals surface area contributed by atoms with Gasteiger partial charge in [0.2, 0.25) is 0 Å². The molecule has 2 aromatic rings. The fourth-order valence-electron chi connectivity index (χ4n) is 2.53. The second kappa shape index (κ2) is 5.65. The van der Waals surface area contributed by atoms with Crippen molar-refractivity contribution in [2.75, 3.05) is 0 Å². The van der Waals surface area contributed by atoms with Crippen LogP contribution in [0.5, 0.6) is 0 Å². The van der Waals surface area contributed by atoms with Crippen LogP contribution < -0.4 is 5.32 Å². The van der Waals surface area contributed by atoms with E-state index >= 15 is 0 Å². The lowest BCUT2D eigenvalue weighted by Crippen LogP contribution is -2.29. The molecular weight excluding hydrogens is 272 g/mol. The van der Waals surface area contributed by atoms with Gasteiger partial charge in [-0.25, -0.2) is 0 Å². The van der Waals surface area contributed by atoms with Gasteiger partial charge < -0.3 is 5.32 Å². The van der Waals surface area contributed by atoms with Crippen LogP contribution in [0.3, 0.4) is 0 Å². The molecule has 0 aromatic carbocycles. The maximum atomic E-state index is 4.44. The Bertz CT molecular complexity index is 538. The molecule has 1 N–H and O–H groups in total. The van der Waals surface area contributed by atoms with Gasteiger partial charge in [0.1, 0.15) is 0 Å². The van der Waals surface area contributed by atoms with E-state index in [1.165, 1.54) is 16.2 Å². The third-order valence-electron chi connectivity index (χ3n) is 3.49. The number of thiophene rings is 1. The Morgan fingerprint density at radius 3 is 3.05 bits per heavy atom. The van der Waals surface area contributed by atoms with E-state index in [2.05, 4.69) is 47.7 Å². The summed E-state index contributed by atoms with van der Waals surface area (Å²) in [6.07, 6.45) is 3.05. The monoisotopic (exact) mass is 290 g/mol. The fraction of sp³-hybridized carbons (Fsp3) is 0.400. The van der Waals surface area contributed by atoms with Crippen LogP contribution in [0.25, 0.3) is 0 Å². The highest BCUT2D eigenvalue weighted by molar-refractivity contribution is 8.01. The normalized spacial score (nSPS) is 23.9. The number of pyridine rings is 1. The molecule has 100 valence electrons. The highest BCUT2D eigenvalue weighted by Crippen LogP contribution is 2.44. The zero-order valence-corrected chi connectivity index (χ0v) is 12.8. The summed E-state index contributed by atoms with van der Waals surface area (Å²) in [5.41, 5.74) is 2.58. The number of fused-ring (bicyclic) bond motifs is 1. The number of hydrogen-bond acceptors (Lipinski definition) is 4. The molecule has 2 unspecified atom stereocenters. The van der Waals surface area contributed by atoms with Crippen molar-refractivity contribution in [2.24, 2.45) is 0 Å². The SMILES string of the molecule is CC(NC1C[C@H](C)Sc2sccc21)c1ccccn1. The van der Waals surface area contributed by atoms with Crippen molar-refractivity contribution in [3.8, 4) is 0 Å². The fourth-order valence-corrected chi connectivity index (χ4v) is 5.09. The van der Waals surface area contributed by atoms with Crippen molar-refractivity contribution in [3.63, 3.8) is 0 Å². The number of nitrogens with zero attached hydrogens (tertiary/aromatic N) is 1. The van der Waals surface area contributed by atoms with Gasteiger partial charge in [-0.15, -0.1) is 23.1 Å². The molecule has 3 heterocycles. The molecule has 0 aliphatic carbocycles. The molecule has 19 heavy (non-hydrogen) atoms. The molecule has 1 aliphatic rings. The highest BCUT2D eigenvalue weighted by Gasteiger charge is 2.27. The molecule has 2 nitrogen and oxygen atoms in total. The minimum absolute atomic E-state index is 0.286. The first-order chi connectivity index (χ1) is 9.24. The summed E-state index contributed by atoms with van der Waals surface area (Å²) in [5, 5.41) is 6.62. The second-order valence-electron chi connectivity index (χ2n) is 5.02. The molecule has 0 amide bonds. The lowest BCUT2D eigenvalue weighted by atomic mass is 10.0. The molecule has 4 heteroatoms. The van der Waals surface area contributed by atoms with Crippen molar-refractivity contribution in [1.29, 1.82) is 0 Å². The van der Waals surface area contributed by atoms with E-state index in [1.54, 1.807) is 0 Å². The Morgan fingerprint density at radius 2 is 2.26 bits per heavy atom. The first-order valence-corrected chi connectivity index (χ1v) is 8.41. The Balaban J connectivity index is 1.77. The molecule has 3 atom stereocenters. The molecule has 1 aliphatic heterocycles. The Hall–Kier alpha value is -0.840. The summed E-state index contributed by atoms with van der Waals surface area (Å²) >= 11 is 3.87. The average Bonchev–Trinajstić information content (AvgIpc) is 2.88. The van der Waals surface area contributed by atoms with E-state index in [0.29, 0.717) is 11.3 Å². The van der Waals surface area contributed by atoms with Crippen molar-refractivity contribution < 1.29 is 0 Å². The van der Waals surface area contributed by atoms with Crippen LogP contribution in [0.4, 0.5) is 0 Å². The molecule has 0 fully saturated rings. The number of aromatic nitrogens is 1. The summed E-state index contributed by atoms with van der Waals surface area (Å²) in [5.74, 6) is 0. The minimum Gasteiger partial charge on any atom is -0.302 e. The summed E-state index contributed by atoms with van der Waals surface area (Å²) in [4.78, 5) is 4.44. The summed E-state index contributed by atoms with van der Waals surface area (Å²) < 4.78 is 1.48. The molecule has 0 bridgehead atoms. The molecule has 2 aromatic heterocycles. The predicted octanol–water partition coefficient (Wildman–Crippen LogP) is 4.42. The molecule has 0 saturated heterocycles. The lowest BCUT2D eigenvalue weighted by Gasteiger charge is -2.30. The average molecular weight is 290 g/mol. The van der Waals surface area contributed by atoms with E-state index in [1.807, 2.05) is 35.4 Å². The summed E-state index contributed by atoms with van der Waals surface area (Å²) in [6.45, 7) is 4.51. The van der Waals surface area contributed by atoms with Crippen molar-refractivity contribution in [3.05, 3.63) is 47.1 Å². The second-order valence-corrected chi connectivity index (χ2v) is 7.65. The van der Waals surface area contributed by atoms with Gasteiger partial charge in [0, 0.05) is 23.5 Å². The Labute approximate surface area is 122 Å². The maximum Gasteiger partial charge on any atom is 0.0649 e. The minimum atomic E-state index is 0.286. The maximum absolute atomic E-state index is 4.44. The molecule has 0 spiro atoms. The largest absolute Gasteiger partial charge is 0.302 e. The van der Waals surface area contributed by atoms with E-state index in [9.17, 15) is 0 Å². The van der Waals surface area contributed by atoms with Crippen molar-refractivity contribution in [1.82, 2.24) is 10.3 Å². The topological polar surface area (TPSA) is 24.9 Å². The van der Waals surface area contributed by atoms with E-state index in [-0.39, 0.29) is 6.04 Å². The molecular formula is C15H18N2S2. The van der Waals surface area contributed by atoms with Gasteiger partial charge in [0.05, 0.1) is 9.90 Å². The van der Waals surface area contributed by atoms with Crippen LogP contribution >= 0.6 is 23.1 Å². The third kappa shape index (κ3) is 2.86. The van der Waals surface area contributed by atoms with Crippen molar-refractivity contribution in [2.45, 2.75) is 41.8 Å².